The molecule has 1 aliphatic rings. The molecule has 1 aliphatic heterocycles. The number of hydrogen-bond donors (Lipinski definition) is 1. The van der Waals surface area contributed by atoms with Crippen LogP contribution in [-0.2, 0) is 10.2 Å². The standard InChI is InChI=1S/C17H18ClNO2/c18-14-6-4-13(5-7-14)17(8-11-21-12-9-17)16(20)15-3-1-2-10-19-15/h1-7,10,16,20H,8-9,11-12H2/t16-/m1/s1. The minimum absolute atomic E-state index is 0.364. The van der Waals surface area contributed by atoms with Gasteiger partial charge in [0, 0.05) is 29.8 Å². The Labute approximate surface area is 129 Å². The third-order valence-electron chi connectivity index (χ3n) is 4.30. The van der Waals surface area contributed by atoms with Crippen molar-refractivity contribution in [3.63, 3.8) is 0 Å². The maximum absolute atomic E-state index is 11.0. The Morgan fingerprint density at radius 3 is 2.43 bits per heavy atom. The highest BCUT2D eigenvalue weighted by molar-refractivity contribution is 6.30. The highest BCUT2D eigenvalue weighted by Gasteiger charge is 2.42. The first-order chi connectivity index (χ1) is 10.2. The van der Waals surface area contributed by atoms with Crippen LogP contribution in [0.1, 0.15) is 30.2 Å². The molecule has 0 amide bonds. The molecule has 1 fully saturated rings. The molecule has 4 heteroatoms. The van der Waals surface area contributed by atoms with Crippen molar-refractivity contribution >= 4 is 11.6 Å². The largest absolute Gasteiger partial charge is 0.386 e. The Morgan fingerprint density at radius 2 is 1.81 bits per heavy atom. The lowest BCUT2D eigenvalue weighted by molar-refractivity contribution is -0.0187. The second-order valence-corrected chi connectivity index (χ2v) is 5.87. The van der Waals surface area contributed by atoms with Crippen molar-refractivity contribution in [3.05, 3.63) is 64.9 Å². The maximum atomic E-state index is 11.0. The number of aliphatic hydroxyl groups excluding tert-OH is 1. The molecule has 21 heavy (non-hydrogen) atoms. The van der Waals surface area contributed by atoms with Crippen LogP contribution in [0.5, 0.6) is 0 Å². The lowest BCUT2D eigenvalue weighted by Gasteiger charge is -2.41. The van der Waals surface area contributed by atoms with E-state index in [2.05, 4.69) is 4.98 Å². The van der Waals surface area contributed by atoms with Gasteiger partial charge in [0.2, 0.25) is 0 Å². The van der Waals surface area contributed by atoms with Crippen molar-refractivity contribution in [2.45, 2.75) is 24.4 Å². The Balaban J connectivity index is 2.02. The Morgan fingerprint density at radius 1 is 1.10 bits per heavy atom. The number of hydrogen-bond acceptors (Lipinski definition) is 3. The van der Waals surface area contributed by atoms with Crippen LogP contribution in [0.3, 0.4) is 0 Å². The number of rotatable bonds is 3. The van der Waals surface area contributed by atoms with Gasteiger partial charge in [-0.05, 0) is 42.7 Å². The van der Waals surface area contributed by atoms with Gasteiger partial charge in [-0.25, -0.2) is 0 Å². The van der Waals surface area contributed by atoms with Gasteiger partial charge in [0.25, 0.3) is 0 Å². The molecule has 1 atom stereocenters. The number of pyridine rings is 1. The summed E-state index contributed by atoms with van der Waals surface area (Å²) in [5.41, 5.74) is 1.43. The van der Waals surface area contributed by atoms with Gasteiger partial charge in [-0.15, -0.1) is 0 Å². The molecule has 2 heterocycles. The van der Waals surface area contributed by atoms with Crippen molar-refractivity contribution in [2.24, 2.45) is 0 Å². The number of nitrogens with zero attached hydrogens (tertiary/aromatic N) is 1. The van der Waals surface area contributed by atoms with E-state index in [4.69, 9.17) is 16.3 Å². The van der Waals surface area contributed by atoms with Crippen molar-refractivity contribution in [1.29, 1.82) is 0 Å². The molecule has 0 bridgehead atoms. The van der Waals surface area contributed by atoms with Crippen LogP contribution in [0.2, 0.25) is 5.02 Å². The topological polar surface area (TPSA) is 42.4 Å². The first-order valence-corrected chi connectivity index (χ1v) is 7.53. The fourth-order valence-electron chi connectivity index (χ4n) is 3.06. The van der Waals surface area contributed by atoms with Crippen LogP contribution < -0.4 is 0 Å². The fraction of sp³-hybridized carbons (Fsp3) is 0.353. The molecular formula is C17H18ClNO2. The molecule has 0 saturated carbocycles. The summed E-state index contributed by atoms with van der Waals surface area (Å²) in [5, 5.41) is 11.7. The summed E-state index contributed by atoms with van der Waals surface area (Å²) >= 11 is 5.99. The van der Waals surface area contributed by atoms with E-state index in [-0.39, 0.29) is 5.41 Å². The molecule has 3 nitrogen and oxygen atoms in total. The minimum Gasteiger partial charge on any atom is -0.386 e. The summed E-state index contributed by atoms with van der Waals surface area (Å²) in [6, 6.07) is 13.4. The van der Waals surface area contributed by atoms with Gasteiger partial charge in [-0.1, -0.05) is 29.8 Å². The Bertz CT molecular complexity index is 579. The van der Waals surface area contributed by atoms with Gasteiger partial charge < -0.3 is 9.84 Å². The molecule has 110 valence electrons. The van der Waals surface area contributed by atoms with E-state index in [9.17, 15) is 5.11 Å². The summed E-state index contributed by atoms with van der Waals surface area (Å²) in [5.74, 6) is 0. The highest BCUT2D eigenvalue weighted by atomic mass is 35.5. The number of ether oxygens (including phenoxy) is 1. The predicted molar refractivity (Wildman–Crippen MR) is 82.4 cm³/mol. The van der Waals surface area contributed by atoms with Gasteiger partial charge in [0.05, 0.1) is 5.69 Å². The summed E-state index contributed by atoms with van der Waals surface area (Å²) < 4.78 is 5.50. The first kappa shape index (κ1) is 14.5. The van der Waals surface area contributed by atoms with E-state index in [0.717, 1.165) is 18.4 Å². The van der Waals surface area contributed by atoms with E-state index < -0.39 is 6.10 Å². The second kappa shape index (κ2) is 6.14. The van der Waals surface area contributed by atoms with E-state index in [0.29, 0.717) is 23.9 Å². The molecule has 3 rings (SSSR count). The lowest BCUT2D eigenvalue weighted by atomic mass is 9.69. The van der Waals surface area contributed by atoms with Crippen molar-refractivity contribution in [3.8, 4) is 0 Å². The third kappa shape index (κ3) is 2.82. The molecule has 0 unspecified atom stereocenters. The van der Waals surface area contributed by atoms with Gasteiger partial charge in [0.15, 0.2) is 0 Å². The summed E-state index contributed by atoms with van der Waals surface area (Å²) in [6.07, 6.45) is 2.61. The maximum Gasteiger partial charge on any atom is 0.106 e. The smallest absolute Gasteiger partial charge is 0.106 e. The molecular weight excluding hydrogens is 286 g/mol. The molecule has 1 saturated heterocycles. The monoisotopic (exact) mass is 303 g/mol. The molecule has 0 spiro atoms. The van der Waals surface area contributed by atoms with Gasteiger partial charge in [-0.2, -0.15) is 0 Å². The second-order valence-electron chi connectivity index (χ2n) is 5.43. The first-order valence-electron chi connectivity index (χ1n) is 7.15. The van der Waals surface area contributed by atoms with E-state index >= 15 is 0 Å². The molecule has 1 aromatic carbocycles. The zero-order valence-electron chi connectivity index (χ0n) is 11.7. The van der Waals surface area contributed by atoms with Crippen molar-refractivity contribution in [1.82, 2.24) is 4.98 Å². The average molecular weight is 304 g/mol. The van der Waals surface area contributed by atoms with Crippen LogP contribution in [0.4, 0.5) is 0 Å². The molecule has 2 aromatic rings. The fourth-order valence-corrected chi connectivity index (χ4v) is 3.18. The highest BCUT2D eigenvalue weighted by Crippen LogP contribution is 2.44. The van der Waals surface area contributed by atoms with Gasteiger partial charge in [-0.3, -0.25) is 4.98 Å². The normalized spacial score (nSPS) is 19.1. The van der Waals surface area contributed by atoms with E-state index in [1.807, 2.05) is 42.5 Å². The van der Waals surface area contributed by atoms with Crippen LogP contribution in [0, 0.1) is 0 Å². The molecule has 1 aromatic heterocycles. The summed E-state index contributed by atoms with van der Waals surface area (Å²) in [6.45, 7) is 1.29. The molecule has 1 N–H and O–H groups in total. The van der Waals surface area contributed by atoms with Gasteiger partial charge in [0.1, 0.15) is 6.10 Å². The predicted octanol–water partition coefficient (Wildman–Crippen LogP) is 3.52. The van der Waals surface area contributed by atoms with Crippen molar-refractivity contribution < 1.29 is 9.84 Å². The Hall–Kier alpha value is -1.42. The number of halogens is 1. The number of aromatic nitrogens is 1. The minimum atomic E-state index is -0.649. The lowest BCUT2D eigenvalue weighted by Crippen LogP contribution is -2.40. The third-order valence-corrected chi connectivity index (χ3v) is 4.55. The summed E-state index contributed by atoms with van der Waals surface area (Å²) in [7, 11) is 0. The van der Waals surface area contributed by atoms with Crippen LogP contribution in [-0.4, -0.2) is 23.3 Å². The van der Waals surface area contributed by atoms with Crippen molar-refractivity contribution in [2.75, 3.05) is 13.2 Å². The molecule has 0 radical (unpaired) electrons. The summed E-state index contributed by atoms with van der Waals surface area (Å²) in [4.78, 5) is 4.33. The zero-order chi connectivity index (χ0) is 14.7. The van der Waals surface area contributed by atoms with Crippen LogP contribution in [0.25, 0.3) is 0 Å². The van der Waals surface area contributed by atoms with E-state index in [1.54, 1.807) is 6.20 Å². The quantitative estimate of drug-likeness (QED) is 0.943. The van der Waals surface area contributed by atoms with Crippen LogP contribution in [0.15, 0.2) is 48.7 Å². The van der Waals surface area contributed by atoms with Gasteiger partial charge >= 0.3 is 0 Å². The SMILES string of the molecule is O[C@H](c1ccccn1)C1(c2ccc(Cl)cc2)CCOCC1. The molecule has 0 aliphatic carbocycles. The van der Waals surface area contributed by atoms with E-state index in [1.165, 1.54) is 0 Å². The number of benzene rings is 1. The average Bonchev–Trinajstić information content (AvgIpc) is 2.56. The zero-order valence-corrected chi connectivity index (χ0v) is 12.5. The van der Waals surface area contributed by atoms with Crippen LogP contribution >= 0.6 is 11.6 Å². The Kier molecular flexibility index (Phi) is 4.24. The number of aliphatic hydroxyl groups is 1.